The first-order chi connectivity index (χ1) is 31.5. The maximum atomic E-state index is 12.7. The summed E-state index contributed by atoms with van der Waals surface area (Å²) in [5, 5.41) is 23.1. The van der Waals surface area contributed by atoms with Gasteiger partial charge in [0.2, 0.25) is 0 Å². The van der Waals surface area contributed by atoms with Gasteiger partial charge >= 0.3 is 5.97 Å². The molecule has 1 amide bonds. The van der Waals surface area contributed by atoms with Gasteiger partial charge in [0.05, 0.1) is 27.4 Å². The molecule has 4 aromatic carbocycles. The van der Waals surface area contributed by atoms with Gasteiger partial charge in [-0.1, -0.05) is 42.0 Å². The Kier molecular flexibility index (Phi) is 14.0. The molecule has 0 atom stereocenters. The zero-order valence-corrected chi connectivity index (χ0v) is 35.5. The molecule has 6 aromatic heterocycles. The van der Waals surface area contributed by atoms with Crippen molar-refractivity contribution in [2.75, 3.05) is 11.5 Å². The average Bonchev–Trinajstić information content (AvgIpc) is 3.88. The van der Waals surface area contributed by atoms with Crippen molar-refractivity contribution in [2.45, 2.75) is 47.2 Å². The van der Waals surface area contributed by atoms with Crippen molar-refractivity contribution in [3.8, 4) is 0 Å². The highest BCUT2D eigenvalue weighted by Gasteiger charge is 2.11. The van der Waals surface area contributed by atoms with E-state index in [9.17, 15) is 9.59 Å². The third-order valence-electron chi connectivity index (χ3n) is 10.5. The maximum absolute atomic E-state index is 12.7. The molecule has 15 heteroatoms. The number of hydrogen-bond donors (Lipinski definition) is 5. The van der Waals surface area contributed by atoms with E-state index in [1.807, 2.05) is 93.0 Å². The number of nitrogen functional groups attached to an aromatic ring is 2. The molecule has 0 aliphatic carbocycles. The highest BCUT2D eigenvalue weighted by atomic mass is 16.5. The minimum atomic E-state index is -0.933. The molecule has 0 unspecified atom stereocenters. The van der Waals surface area contributed by atoms with Crippen LogP contribution in [0.3, 0.4) is 0 Å². The lowest BCUT2D eigenvalue weighted by Crippen LogP contribution is -2.23. The van der Waals surface area contributed by atoms with Gasteiger partial charge in [-0.05, 0) is 132 Å². The van der Waals surface area contributed by atoms with E-state index in [1.54, 1.807) is 18.3 Å². The van der Waals surface area contributed by atoms with Crippen LogP contribution in [0.4, 0.5) is 11.6 Å². The van der Waals surface area contributed by atoms with Crippen LogP contribution in [0.1, 0.15) is 72.9 Å². The molecule has 0 bridgehead atoms. The Morgan fingerprint density at radius 3 is 1.74 bits per heavy atom. The van der Waals surface area contributed by atoms with Crippen molar-refractivity contribution < 1.29 is 23.7 Å². The summed E-state index contributed by atoms with van der Waals surface area (Å²) in [6.07, 6.45) is 8.15. The van der Waals surface area contributed by atoms with Crippen LogP contribution in [-0.2, 0) is 25.9 Å². The molecule has 332 valence electrons. The van der Waals surface area contributed by atoms with Crippen molar-refractivity contribution in [3.63, 3.8) is 0 Å². The number of carbonyl (C=O) groups is 2. The van der Waals surface area contributed by atoms with Crippen LogP contribution in [0, 0.1) is 13.8 Å². The predicted octanol–water partition coefficient (Wildman–Crippen LogP) is 8.91. The van der Waals surface area contributed by atoms with Crippen molar-refractivity contribution in [1.82, 2.24) is 35.6 Å². The summed E-state index contributed by atoms with van der Waals surface area (Å²) in [4.78, 5) is 41.2. The van der Waals surface area contributed by atoms with E-state index in [4.69, 9.17) is 31.4 Å². The molecular formula is C51H48N10O5. The van der Waals surface area contributed by atoms with Crippen LogP contribution in [-0.4, -0.2) is 47.2 Å². The third kappa shape index (κ3) is 11.0. The zero-order chi connectivity index (χ0) is 45.5. The van der Waals surface area contributed by atoms with Gasteiger partial charge in [-0.3, -0.25) is 24.7 Å². The Labute approximate surface area is 379 Å². The van der Waals surface area contributed by atoms with Gasteiger partial charge in [-0.2, -0.15) is 0 Å². The number of pyridine rings is 4. The molecule has 0 spiro atoms. The number of carboxylic acids is 1. The van der Waals surface area contributed by atoms with Gasteiger partial charge in [0.1, 0.15) is 0 Å². The second-order valence-corrected chi connectivity index (χ2v) is 15.5. The Morgan fingerprint density at radius 1 is 0.591 bits per heavy atom. The topological polar surface area (TPSA) is 248 Å². The number of nitrogens with one attached hydrogen (secondary N) is 1. The van der Waals surface area contributed by atoms with Gasteiger partial charge in [-0.15, -0.1) is 0 Å². The lowest BCUT2D eigenvalue weighted by atomic mass is 10.0. The number of aromatic nitrogens is 6. The first kappa shape index (κ1) is 45.5. The van der Waals surface area contributed by atoms with Gasteiger partial charge in [-0.25, -0.2) is 4.79 Å². The fraction of sp³-hybridized carbons (Fsp3) is 0.137. The molecule has 6 heterocycles. The first-order valence-electron chi connectivity index (χ1n) is 20.6. The molecular weight excluding hydrogens is 833 g/mol. The predicted molar refractivity (Wildman–Crippen MR) is 257 cm³/mol. The first-order valence-corrected chi connectivity index (χ1v) is 20.6. The highest BCUT2D eigenvalue weighted by molar-refractivity contribution is 5.94. The van der Waals surface area contributed by atoms with E-state index < -0.39 is 5.97 Å². The number of hydrogen-bond acceptors (Lipinski definition) is 13. The van der Waals surface area contributed by atoms with Crippen LogP contribution in [0.15, 0.2) is 143 Å². The summed E-state index contributed by atoms with van der Waals surface area (Å²) in [6, 6.07) is 34.3. The smallest absolute Gasteiger partial charge is 0.335 e. The number of nitrogens with two attached hydrogens (primary N) is 3. The maximum Gasteiger partial charge on any atom is 0.335 e. The molecule has 8 N–H and O–H groups in total. The summed E-state index contributed by atoms with van der Waals surface area (Å²) < 4.78 is 10.1. The van der Waals surface area contributed by atoms with Crippen molar-refractivity contribution in [2.24, 2.45) is 5.73 Å². The summed E-state index contributed by atoms with van der Waals surface area (Å²) in [5.74, 6) is -0.320. The minimum absolute atomic E-state index is 0. The van der Waals surface area contributed by atoms with Crippen LogP contribution < -0.4 is 22.5 Å². The van der Waals surface area contributed by atoms with E-state index in [0.29, 0.717) is 54.3 Å². The minimum Gasteiger partial charge on any atom is -0.478 e. The van der Waals surface area contributed by atoms with Crippen molar-refractivity contribution in [1.29, 1.82) is 0 Å². The van der Waals surface area contributed by atoms with E-state index >= 15 is 0 Å². The number of amides is 1. The number of benzene rings is 4. The fourth-order valence-corrected chi connectivity index (χ4v) is 7.17. The van der Waals surface area contributed by atoms with Gasteiger partial charge in [0.25, 0.3) is 5.91 Å². The average molecular weight is 881 g/mol. The second kappa shape index (κ2) is 20.3. The van der Waals surface area contributed by atoms with Gasteiger partial charge < -0.3 is 36.7 Å². The normalized spacial score (nSPS) is 10.8. The van der Waals surface area contributed by atoms with Crippen LogP contribution >= 0.6 is 0 Å². The Bertz CT molecular complexity index is 3350. The lowest BCUT2D eigenvalue weighted by Gasteiger charge is -2.08. The SMILES string of the molecule is C.Cc1cnc2ccc(Cc3cc(C(=O)NCc4ccc5c(N)noc5c4)ccn3)cc2c1.Cc1cnc2ccc(Cc3cc(C(=O)O)ccn3)cc2c1.NCc1ccc2onc(N)c2c1. The van der Waals surface area contributed by atoms with Crippen LogP contribution in [0.2, 0.25) is 0 Å². The monoisotopic (exact) mass is 880 g/mol. The van der Waals surface area contributed by atoms with Gasteiger partial charge in [0, 0.05) is 78.4 Å². The molecule has 0 saturated carbocycles. The number of aryl methyl sites for hydroxylation is 2. The van der Waals surface area contributed by atoms with Crippen molar-refractivity contribution in [3.05, 3.63) is 190 Å². The molecule has 66 heavy (non-hydrogen) atoms. The Morgan fingerprint density at radius 2 is 1.14 bits per heavy atom. The Balaban J connectivity index is 0.000000163. The third-order valence-corrected chi connectivity index (χ3v) is 10.5. The Hall–Kier alpha value is -8.56. The molecule has 10 aromatic rings. The molecule has 0 aliphatic rings. The lowest BCUT2D eigenvalue weighted by molar-refractivity contribution is 0.0696. The summed E-state index contributed by atoms with van der Waals surface area (Å²) in [7, 11) is 0. The highest BCUT2D eigenvalue weighted by Crippen LogP contribution is 2.23. The molecule has 0 aliphatic heterocycles. The quantitative estimate of drug-likeness (QED) is 0.0908. The number of rotatable bonds is 9. The standard InChI is InChI=1S/C25H21N5O2.C17H14N2O2.C8H9N3O.CH4/c1-15-8-19-9-16(3-5-22(19)28-13-15)10-20-12-18(6-7-27-20)25(31)29-14-17-2-4-21-23(11-17)32-30-24(21)26;1-11-6-14-7-12(2-3-16(14)19-10-11)8-15-9-13(17(20)21)4-5-18-15;9-4-5-1-2-7-6(3-5)8(10)11-12-7;/h2-9,11-13H,10,14H2,1H3,(H2,26,30)(H,29,31);2-7,9-10H,8H2,1H3,(H,20,21);1-3H,4,9H2,(H2,10,11);1H4. The molecule has 15 nitrogen and oxygen atoms in total. The van der Waals surface area contributed by atoms with Gasteiger partial charge in [0.15, 0.2) is 22.8 Å². The molecule has 10 rings (SSSR count). The molecule has 0 saturated heterocycles. The number of aromatic carboxylic acids is 1. The number of carboxylic acid groups (broad SMARTS) is 1. The van der Waals surface area contributed by atoms with Crippen LogP contribution in [0.5, 0.6) is 0 Å². The number of nitrogens with zero attached hydrogens (tertiary/aromatic N) is 6. The van der Waals surface area contributed by atoms with Crippen LogP contribution in [0.25, 0.3) is 43.7 Å². The summed E-state index contributed by atoms with van der Waals surface area (Å²) >= 11 is 0. The second-order valence-electron chi connectivity index (χ2n) is 15.5. The number of carbonyl (C=O) groups excluding carboxylic acids is 1. The largest absolute Gasteiger partial charge is 0.478 e. The summed E-state index contributed by atoms with van der Waals surface area (Å²) in [6.45, 7) is 4.91. The fourth-order valence-electron chi connectivity index (χ4n) is 7.17. The summed E-state index contributed by atoms with van der Waals surface area (Å²) in [5.41, 5.74) is 28.8. The number of anilines is 2. The zero-order valence-electron chi connectivity index (χ0n) is 35.5. The van der Waals surface area contributed by atoms with E-state index in [2.05, 4.69) is 59.8 Å². The molecule has 0 fully saturated rings. The van der Waals surface area contributed by atoms with E-state index in [-0.39, 0.29) is 18.9 Å². The van der Waals surface area contributed by atoms with E-state index in [1.165, 1.54) is 12.3 Å². The number of fused-ring (bicyclic) bond motifs is 4. The van der Waals surface area contributed by atoms with Crippen molar-refractivity contribution >= 4 is 67.3 Å². The molecule has 0 radical (unpaired) electrons. The van der Waals surface area contributed by atoms with E-state index in [0.717, 1.165) is 77.3 Å².